The molecular weight excluding hydrogens is 260 g/mol. The van der Waals surface area contributed by atoms with Gasteiger partial charge in [0.1, 0.15) is 12.4 Å². The van der Waals surface area contributed by atoms with Crippen molar-refractivity contribution < 1.29 is 4.74 Å². The Morgan fingerprint density at radius 1 is 1.21 bits per heavy atom. The fourth-order valence-electron chi connectivity index (χ4n) is 3.47. The highest BCUT2D eigenvalue weighted by Crippen LogP contribution is 2.38. The van der Waals surface area contributed by atoms with E-state index in [0.29, 0.717) is 0 Å². The van der Waals surface area contributed by atoms with E-state index in [2.05, 4.69) is 28.9 Å². The first kappa shape index (κ1) is 12.8. The van der Waals surface area contributed by atoms with Crippen LogP contribution in [0.5, 0.6) is 5.75 Å². The molecule has 4 rings (SSSR count). The van der Waals surface area contributed by atoms with Crippen molar-refractivity contribution >= 4 is 23.3 Å². The van der Waals surface area contributed by atoms with Gasteiger partial charge in [-0.1, -0.05) is 6.07 Å². The minimum atomic E-state index is 0. The average molecular weight is 279 g/mol. The quantitative estimate of drug-likeness (QED) is 0.801. The van der Waals surface area contributed by atoms with Gasteiger partial charge in [0.25, 0.3) is 0 Å². The minimum Gasteiger partial charge on any atom is -0.490 e. The second kappa shape index (κ2) is 4.73. The Kier molecular flexibility index (Phi) is 3.19. The third-order valence-corrected chi connectivity index (χ3v) is 4.26. The third-order valence-electron chi connectivity index (χ3n) is 4.26. The molecule has 0 spiro atoms. The SMILES string of the molecule is Cc1ccc2c3c1c1c(n3CCO2)CCNCC1.Cl. The summed E-state index contributed by atoms with van der Waals surface area (Å²) in [5.74, 6) is 1.07. The van der Waals surface area contributed by atoms with E-state index in [9.17, 15) is 0 Å². The first-order chi connectivity index (χ1) is 8.86. The van der Waals surface area contributed by atoms with Gasteiger partial charge in [0, 0.05) is 24.0 Å². The van der Waals surface area contributed by atoms with E-state index in [0.717, 1.165) is 44.8 Å². The first-order valence-electron chi connectivity index (χ1n) is 6.83. The molecule has 102 valence electrons. The molecular formula is C15H19ClN2O. The normalized spacial score (nSPS) is 17.3. The van der Waals surface area contributed by atoms with Gasteiger partial charge in [-0.15, -0.1) is 12.4 Å². The molecule has 1 aromatic heterocycles. The molecule has 4 heteroatoms. The van der Waals surface area contributed by atoms with Crippen LogP contribution in [-0.2, 0) is 19.4 Å². The highest BCUT2D eigenvalue weighted by Gasteiger charge is 2.24. The maximum atomic E-state index is 5.82. The summed E-state index contributed by atoms with van der Waals surface area (Å²) >= 11 is 0. The topological polar surface area (TPSA) is 26.2 Å². The number of hydrogen-bond donors (Lipinski definition) is 1. The summed E-state index contributed by atoms with van der Waals surface area (Å²) in [6, 6.07) is 4.33. The number of aromatic nitrogens is 1. The van der Waals surface area contributed by atoms with Gasteiger partial charge in [-0.05, 0) is 37.1 Å². The summed E-state index contributed by atoms with van der Waals surface area (Å²) < 4.78 is 8.33. The number of ether oxygens (including phenoxy) is 1. The zero-order valence-electron chi connectivity index (χ0n) is 11.2. The summed E-state index contributed by atoms with van der Waals surface area (Å²) in [4.78, 5) is 0. The molecule has 0 bridgehead atoms. The molecule has 0 saturated heterocycles. The van der Waals surface area contributed by atoms with E-state index >= 15 is 0 Å². The molecule has 0 aliphatic carbocycles. The van der Waals surface area contributed by atoms with Crippen LogP contribution in [0.25, 0.3) is 10.9 Å². The van der Waals surface area contributed by atoms with Crippen LogP contribution in [0.1, 0.15) is 16.8 Å². The molecule has 1 N–H and O–H groups in total. The lowest BCUT2D eigenvalue weighted by atomic mass is 10.0. The molecule has 19 heavy (non-hydrogen) atoms. The second-order valence-corrected chi connectivity index (χ2v) is 5.28. The second-order valence-electron chi connectivity index (χ2n) is 5.28. The summed E-state index contributed by atoms with van der Waals surface area (Å²) in [6.07, 6.45) is 2.28. The smallest absolute Gasteiger partial charge is 0.143 e. The average Bonchev–Trinajstić information content (AvgIpc) is 2.57. The predicted molar refractivity (Wildman–Crippen MR) is 79.7 cm³/mol. The van der Waals surface area contributed by atoms with Crippen molar-refractivity contribution in [2.45, 2.75) is 26.3 Å². The summed E-state index contributed by atoms with van der Waals surface area (Å²) in [5, 5.41) is 4.95. The maximum Gasteiger partial charge on any atom is 0.143 e. The molecule has 0 unspecified atom stereocenters. The van der Waals surface area contributed by atoms with E-state index < -0.39 is 0 Å². The van der Waals surface area contributed by atoms with Gasteiger partial charge in [-0.25, -0.2) is 0 Å². The standard InChI is InChI=1S/C15H18N2O.ClH/c1-10-2-3-13-15-14(10)11-4-6-16-7-5-12(11)17(15)8-9-18-13;/h2-3,16H,4-9H2,1H3;1H. The van der Waals surface area contributed by atoms with Gasteiger partial charge >= 0.3 is 0 Å². The van der Waals surface area contributed by atoms with Gasteiger partial charge in [0.15, 0.2) is 0 Å². The van der Waals surface area contributed by atoms with E-state index in [-0.39, 0.29) is 12.4 Å². The molecule has 0 fully saturated rings. The molecule has 0 amide bonds. The largest absolute Gasteiger partial charge is 0.490 e. The van der Waals surface area contributed by atoms with Crippen molar-refractivity contribution in [1.29, 1.82) is 0 Å². The van der Waals surface area contributed by atoms with Crippen LogP contribution in [0.3, 0.4) is 0 Å². The minimum absolute atomic E-state index is 0. The van der Waals surface area contributed by atoms with Crippen molar-refractivity contribution in [3.05, 3.63) is 29.0 Å². The molecule has 0 atom stereocenters. The maximum absolute atomic E-state index is 5.82. The molecule has 2 aromatic rings. The number of benzene rings is 1. The number of aryl methyl sites for hydroxylation is 1. The van der Waals surface area contributed by atoms with Crippen molar-refractivity contribution in [3.8, 4) is 5.75 Å². The van der Waals surface area contributed by atoms with Crippen molar-refractivity contribution in [2.24, 2.45) is 0 Å². The first-order valence-corrected chi connectivity index (χ1v) is 6.83. The highest BCUT2D eigenvalue weighted by molar-refractivity contribution is 5.93. The third kappa shape index (κ3) is 1.76. The summed E-state index contributed by atoms with van der Waals surface area (Å²) in [6.45, 7) is 6.22. The van der Waals surface area contributed by atoms with E-state index in [4.69, 9.17) is 4.74 Å². The van der Waals surface area contributed by atoms with Crippen molar-refractivity contribution in [2.75, 3.05) is 19.7 Å². The van der Waals surface area contributed by atoms with Crippen LogP contribution < -0.4 is 10.1 Å². The summed E-state index contributed by atoms with van der Waals surface area (Å²) in [7, 11) is 0. The summed E-state index contributed by atoms with van der Waals surface area (Å²) in [5.41, 5.74) is 5.82. The fraction of sp³-hybridized carbons (Fsp3) is 0.467. The Labute approximate surface area is 119 Å². The van der Waals surface area contributed by atoms with E-state index in [1.807, 2.05) is 0 Å². The zero-order valence-corrected chi connectivity index (χ0v) is 12.0. The Bertz CT molecular complexity index is 633. The number of nitrogens with zero attached hydrogens (tertiary/aromatic N) is 1. The number of fused-ring (bicyclic) bond motifs is 3. The van der Waals surface area contributed by atoms with Crippen LogP contribution in [0, 0.1) is 6.92 Å². The number of halogens is 1. The Hall–Kier alpha value is -1.19. The molecule has 2 aliphatic heterocycles. The van der Waals surface area contributed by atoms with Crippen LogP contribution in [0.15, 0.2) is 12.1 Å². The molecule has 2 aliphatic rings. The fourth-order valence-corrected chi connectivity index (χ4v) is 3.47. The number of nitrogens with one attached hydrogen (secondary N) is 1. The molecule has 0 saturated carbocycles. The number of rotatable bonds is 0. The van der Waals surface area contributed by atoms with Gasteiger partial charge in [-0.3, -0.25) is 0 Å². The monoisotopic (exact) mass is 278 g/mol. The Morgan fingerprint density at radius 3 is 2.95 bits per heavy atom. The zero-order chi connectivity index (χ0) is 12.1. The van der Waals surface area contributed by atoms with Crippen molar-refractivity contribution in [3.63, 3.8) is 0 Å². The van der Waals surface area contributed by atoms with Crippen LogP contribution >= 0.6 is 12.4 Å². The predicted octanol–water partition coefficient (Wildman–Crippen LogP) is 2.45. The number of hydrogen-bond acceptors (Lipinski definition) is 2. The van der Waals surface area contributed by atoms with Crippen LogP contribution in [-0.4, -0.2) is 24.3 Å². The lowest BCUT2D eigenvalue weighted by Gasteiger charge is -2.19. The van der Waals surface area contributed by atoms with Crippen LogP contribution in [0.2, 0.25) is 0 Å². The molecule has 3 heterocycles. The van der Waals surface area contributed by atoms with Gasteiger partial charge < -0.3 is 14.6 Å². The van der Waals surface area contributed by atoms with E-state index in [1.165, 1.54) is 22.2 Å². The lowest BCUT2D eigenvalue weighted by molar-refractivity contribution is 0.285. The van der Waals surface area contributed by atoms with Gasteiger partial charge in [-0.2, -0.15) is 0 Å². The Balaban J connectivity index is 0.00000110. The van der Waals surface area contributed by atoms with Gasteiger partial charge in [0.05, 0.1) is 12.1 Å². The van der Waals surface area contributed by atoms with E-state index in [1.54, 1.807) is 5.56 Å². The lowest BCUT2D eigenvalue weighted by Crippen LogP contribution is -2.19. The van der Waals surface area contributed by atoms with Crippen molar-refractivity contribution in [1.82, 2.24) is 9.88 Å². The highest BCUT2D eigenvalue weighted by atomic mass is 35.5. The molecule has 3 nitrogen and oxygen atoms in total. The van der Waals surface area contributed by atoms with Gasteiger partial charge in [0.2, 0.25) is 0 Å². The molecule has 1 aromatic carbocycles. The molecule has 0 radical (unpaired) electrons. The Morgan fingerprint density at radius 2 is 2.05 bits per heavy atom. The van der Waals surface area contributed by atoms with Crippen LogP contribution in [0.4, 0.5) is 0 Å².